The van der Waals surface area contributed by atoms with Gasteiger partial charge in [-0.05, 0) is 55.6 Å². The van der Waals surface area contributed by atoms with E-state index in [2.05, 4.69) is 33.8 Å². The van der Waals surface area contributed by atoms with Gasteiger partial charge in [0.25, 0.3) is 5.56 Å². The second kappa shape index (κ2) is 10.5. The zero-order valence-corrected chi connectivity index (χ0v) is 21.7. The van der Waals surface area contributed by atoms with E-state index in [1.165, 1.54) is 12.8 Å². The zero-order chi connectivity index (χ0) is 25.2. The number of ether oxygens (including phenoxy) is 3. The topological polar surface area (TPSA) is 69.1 Å². The molecule has 2 fully saturated rings. The van der Waals surface area contributed by atoms with Crippen LogP contribution in [0.15, 0.2) is 35.4 Å². The van der Waals surface area contributed by atoms with Crippen LogP contribution in [0.4, 0.5) is 5.82 Å². The van der Waals surface area contributed by atoms with Crippen LogP contribution in [0.25, 0.3) is 21.9 Å². The average molecular weight is 493 g/mol. The number of hydrogen-bond acceptors (Lipinski definition) is 7. The number of morpholine rings is 1. The Bertz CT molecular complexity index is 1270. The highest BCUT2D eigenvalue weighted by atomic mass is 16.5. The van der Waals surface area contributed by atoms with E-state index in [0.29, 0.717) is 18.6 Å². The maximum Gasteiger partial charge on any atom is 0.259 e. The standard InChI is InChI=1S/C28H36N4O4/c1-19-5-7-31(8-6-19)18-24-25(34-3)13-20(14-26(24)35-4)23-17-30(2)28(33)22-16-29-27(15-21(22)23)32-9-11-36-12-10-32/h13-17,19H,5-12,18H2,1-4H3. The van der Waals surface area contributed by atoms with Crippen molar-refractivity contribution in [3.63, 3.8) is 0 Å². The maximum atomic E-state index is 13.0. The molecule has 8 nitrogen and oxygen atoms in total. The average Bonchev–Trinajstić information content (AvgIpc) is 2.92. The Morgan fingerprint density at radius 3 is 2.31 bits per heavy atom. The van der Waals surface area contributed by atoms with Gasteiger partial charge in [-0.15, -0.1) is 0 Å². The molecule has 2 aliphatic heterocycles. The third-order valence-electron chi connectivity index (χ3n) is 7.57. The van der Waals surface area contributed by atoms with Gasteiger partial charge in [0, 0.05) is 50.0 Å². The van der Waals surface area contributed by atoms with Crippen LogP contribution in [0.5, 0.6) is 11.5 Å². The number of aromatic nitrogens is 2. The number of aryl methyl sites for hydroxylation is 1. The van der Waals surface area contributed by atoms with Crippen molar-refractivity contribution >= 4 is 16.6 Å². The summed E-state index contributed by atoms with van der Waals surface area (Å²) in [5, 5.41) is 1.47. The summed E-state index contributed by atoms with van der Waals surface area (Å²) in [6.07, 6.45) is 6.03. The summed E-state index contributed by atoms with van der Waals surface area (Å²) >= 11 is 0. The van der Waals surface area contributed by atoms with Crippen LogP contribution in [0, 0.1) is 5.92 Å². The molecule has 0 bridgehead atoms. The molecular weight excluding hydrogens is 456 g/mol. The van der Waals surface area contributed by atoms with Gasteiger partial charge in [0.05, 0.1) is 38.4 Å². The second-order valence-electron chi connectivity index (χ2n) is 9.96. The van der Waals surface area contributed by atoms with Gasteiger partial charge >= 0.3 is 0 Å². The lowest BCUT2D eigenvalue weighted by molar-refractivity contribution is 0.122. The molecule has 2 saturated heterocycles. The van der Waals surface area contributed by atoms with Crippen molar-refractivity contribution in [2.45, 2.75) is 26.3 Å². The first kappa shape index (κ1) is 24.6. The smallest absolute Gasteiger partial charge is 0.259 e. The summed E-state index contributed by atoms with van der Waals surface area (Å²) in [5.41, 5.74) is 2.88. The lowest BCUT2D eigenvalue weighted by atomic mass is 9.97. The van der Waals surface area contributed by atoms with Crippen molar-refractivity contribution in [1.82, 2.24) is 14.5 Å². The van der Waals surface area contributed by atoms with Crippen LogP contribution in [0.3, 0.4) is 0 Å². The normalized spacial score (nSPS) is 17.5. The van der Waals surface area contributed by atoms with Crippen molar-refractivity contribution in [2.75, 3.05) is 58.5 Å². The molecule has 5 rings (SSSR count). The zero-order valence-electron chi connectivity index (χ0n) is 21.7. The van der Waals surface area contributed by atoms with E-state index < -0.39 is 0 Å². The Labute approximate surface area is 212 Å². The van der Waals surface area contributed by atoms with E-state index in [9.17, 15) is 4.79 Å². The molecule has 0 unspecified atom stereocenters. The van der Waals surface area contributed by atoms with E-state index in [4.69, 9.17) is 14.2 Å². The van der Waals surface area contributed by atoms with E-state index in [1.54, 1.807) is 32.0 Å². The van der Waals surface area contributed by atoms with Crippen LogP contribution in [-0.2, 0) is 18.3 Å². The molecular formula is C28H36N4O4. The maximum absolute atomic E-state index is 13.0. The molecule has 0 N–H and O–H groups in total. The van der Waals surface area contributed by atoms with Gasteiger partial charge in [0.2, 0.25) is 0 Å². The van der Waals surface area contributed by atoms with Gasteiger partial charge in [-0.1, -0.05) is 6.92 Å². The fraction of sp³-hybridized carbons (Fsp3) is 0.500. The lowest BCUT2D eigenvalue weighted by Crippen LogP contribution is -2.36. The number of nitrogens with zero attached hydrogens (tertiary/aromatic N) is 4. The fourth-order valence-corrected chi connectivity index (χ4v) is 5.28. The number of likely N-dealkylation sites (tertiary alicyclic amines) is 1. The largest absolute Gasteiger partial charge is 0.496 e. The van der Waals surface area contributed by atoms with Crippen molar-refractivity contribution in [3.8, 4) is 22.6 Å². The Hall–Kier alpha value is -3.10. The predicted molar refractivity (Wildman–Crippen MR) is 142 cm³/mol. The van der Waals surface area contributed by atoms with Crippen LogP contribution >= 0.6 is 0 Å². The Kier molecular flexibility index (Phi) is 7.16. The minimum atomic E-state index is -0.0651. The highest BCUT2D eigenvalue weighted by molar-refractivity contribution is 5.97. The van der Waals surface area contributed by atoms with Crippen LogP contribution in [-0.4, -0.2) is 68.1 Å². The minimum absolute atomic E-state index is 0.0651. The number of anilines is 1. The molecule has 4 heterocycles. The monoisotopic (exact) mass is 492 g/mol. The number of piperidine rings is 1. The van der Waals surface area contributed by atoms with Gasteiger partial charge in [0.1, 0.15) is 17.3 Å². The Morgan fingerprint density at radius 1 is 1.00 bits per heavy atom. The third kappa shape index (κ3) is 4.80. The molecule has 192 valence electrons. The molecule has 0 aliphatic carbocycles. The molecule has 1 aromatic carbocycles. The highest BCUT2D eigenvalue weighted by Crippen LogP contribution is 2.38. The van der Waals surface area contributed by atoms with Gasteiger partial charge in [0.15, 0.2) is 0 Å². The van der Waals surface area contributed by atoms with Crippen LogP contribution in [0.1, 0.15) is 25.3 Å². The van der Waals surface area contributed by atoms with Gasteiger partial charge in [-0.2, -0.15) is 0 Å². The number of pyridine rings is 2. The van der Waals surface area contributed by atoms with E-state index in [-0.39, 0.29) is 5.56 Å². The summed E-state index contributed by atoms with van der Waals surface area (Å²) in [6.45, 7) is 8.19. The Morgan fingerprint density at radius 2 is 1.67 bits per heavy atom. The van der Waals surface area contributed by atoms with E-state index >= 15 is 0 Å². The highest BCUT2D eigenvalue weighted by Gasteiger charge is 2.22. The SMILES string of the molecule is COc1cc(-c2cn(C)c(=O)c3cnc(N4CCOCC4)cc23)cc(OC)c1CN1CCC(C)CC1. The van der Waals surface area contributed by atoms with Gasteiger partial charge < -0.3 is 23.7 Å². The van der Waals surface area contributed by atoms with Crippen molar-refractivity contribution < 1.29 is 14.2 Å². The summed E-state index contributed by atoms with van der Waals surface area (Å²) < 4.78 is 18.9. The first-order valence-corrected chi connectivity index (χ1v) is 12.8. The molecule has 0 amide bonds. The first-order chi connectivity index (χ1) is 17.5. The number of hydrogen-bond donors (Lipinski definition) is 0. The molecule has 3 aromatic rings. The number of rotatable bonds is 6. The quantitative estimate of drug-likeness (QED) is 0.520. The third-order valence-corrected chi connectivity index (χ3v) is 7.57. The second-order valence-corrected chi connectivity index (χ2v) is 9.96. The fourth-order valence-electron chi connectivity index (χ4n) is 5.28. The molecule has 8 heteroatoms. The van der Waals surface area contributed by atoms with Crippen molar-refractivity contribution in [2.24, 2.45) is 13.0 Å². The Balaban J connectivity index is 1.60. The van der Waals surface area contributed by atoms with E-state index in [1.807, 2.05) is 12.3 Å². The molecule has 0 atom stereocenters. The summed E-state index contributed by atoms with van der Waals surface area (Å²) in [5.74, 6) is 3.23. The first-order valence-electron chi connectivity index (χ1n) is 12.8. The van der Waals surface area contributed by atoms with Gasteiger partial charge in [-0.25, -0.2) is 4.98 Å². The minimum Gasteiger partial charge on any atom is -0.496 e. The molecule has 36 heavy (non-hydrogen) atoms. The van der Waals surface area contributed by atoms with Crippen molar-refractivity contribution in [3.05, 3.63) is 46.5 Å². The van der Waals surface area contributed by atoms with Crippen molar-refractivity contribution in [1.29, 1.82) is 0 Å². The lowest BCUT2D eigenvalue weighted by Gasteiger charge is -2.31. The molecule has 2 aromatic heterocycles. The van der Waals surface area contributed by atoms with E-state index in [0.717, 1.165) is 78.0 Å². The number of benzene rings is 1. The summed E-state index contributed by atoms with van der Waals surface area (Å²) in [4.78, 5) is 22.3. The predicted octanol–water partition coefficient (Wildman–Crippen LogP) is 3.69. The summed E-state index contributed by atoms with van der Waals surface area (Å²) in [7, 11) is 5.20. The molecule has 0 radical (unpaired) electrons. The molecule has 2 aliphatic rings. The summed E-state index contributed by atoms with van der Waals surface area (Å²) in [6, 6.07) is 6.16. The molecule has 0 spiro atoms. The number of methoxy groups -OCH3 is 2. The van der Waals surface area contributed by atoms with Crippen LogP contribution in [0.2, 0.25) is 0 Å². The number of fused-ring (bicyclic) bond motifs is 1. The van der Waals surface area contributed by atoms with Crippen LogP contribution < -0.4 is 19.9 Å². The molecule has 0 saturated carbocycles. The van der Waals surface area contributed by atoms with Gasteiger partial charge in [-0.3, -0.25) is 9.69 Å².